The molecule has 0 aliphatic carbocycles. The molecule has 1 aromatic rings. The topological polar surface area (TPSA) is 42.3 Å². The molecule has 0 aliphatic rings. The van der Waals surface area contributed by atoms with Crippen molar-refractivity contribution < 1.29 is 9.59 Å². The lowest BCUT2D eigenvalue weighted by molar-refractivity contribution is -0.128. The van der Waals surface area contributed by atoms with Crippen molar-refractivity contribution in [2.24, 2.45) is 0 Å². The van der Waals surface area contributed by atoms with Crippen LogP contribution in [0.2, 0.25) is 0 Å². The molecule has 0 fully saturated rings. The first-order valence-electron chi connectivity index (χ1n) is 5.37. The fourth-order valence-corrected chi connectivity index (χ4v) is 1.42. The molecule has 0 aliphatic heterocycles. The van der Waals surface area contributed by atoms with Crippen LogP contribution in [-0.2, 0) is 11.3 Å². The Bertz CT molecular complexity index is 380. The summed E-state index contributed by atoms with van der Waals surface area (Å²) < 4.78 is 1.94. The van der Waals surface area contributed by atoms with Crippen LogP contribution in [0.3, 0.4) is 0 Å². The number of ketones is 1. The zero-order chi connectivity index (χ0) is 12.1. The molecule has 4 nitrogen and oxygen atoms in total. The summed E-state index contributed by atoms with van der Waals surface area (Å²) in [6.07, 6.45) is 5.03. The predicted molar refractivity (Wildman–Crippen MR) is 62.4 cm³/mol. The summed E-state index contributed by atoms with van der Waals surface area (Å²) >= 11 is 0. The first-order valence-corrected chi connectivity index (χ1v) is 5.37. The van der Waals surface area contributed by atoms with Crippen LogP contribution in [0.15, 0.2) is 18.5 Å². The van der Waals surface area contributed by atoms with Gasteiger partial charge in [-0.2, -0.15) is 0 Å². The highest BCUT2D eigenvalue weighted by molar-refractivity contribution is 5.93. The number of nitrogens with zero attached hydrogens (tertiary/aromatic N) is 2. The van der Waals surface area contributed by atoms with E-state index in [4.69, 9.17) is 0 Å². The Morgan fingerprint density at radius 2 is 2.06 bits per heavy atom. The summed E-state index contributed by atoms with van der Waals surface area (Å²) in [7, 11) is 3.51. The molecule has 0 radical (unpaired) electrons. The molecule has 88 valence electrons. The van der Waals surface area contributed by atoms with Gasteiger partial charge in [0.05, 0.1) is 0 Å². The van der Waals surface area contributed by atoms with E-state index in [0.29, 0.717) is 6.42 Å². The summed E-state index contributed by atoms with van der Waals surface area (Å²) in [6.45, 7) is 2.32. The molecule has 16 heavy (non-hydrogen) atoms. The van der Waals surface area contributed by atoms with E-state index in [9.17, 15) is 9.59 Å². The second-order valence-corrected chi connectivity index (χ2v) is 4.09. The molecule has 1 aromatic heterocycles. The molecule has 1 heterocycles. The van der Waals surface area contributed by atoms with Crippen LogP contribution in [0.4, 0.5) is 0 Å². The number of carbonyl (C=O) groups is 2. The molecule has 0 N–H and O–H groups in total. The lowest BCUT2D eigenvalue weighted by Gasteiger charge is -2.09. The standard InChI is InChI=1S/C12H18N2O2/c1-10(15)11-6-8-14(9-11)7-4-5-12(16)13(2)3/h6,8-9H,4-5,7H2,1-3H3. The first kappa shape index (κ1) is 12.5. The van der Waals surface area contributed by atoms with Gasteiger partial charge in [-0.1, -0.05) is 0 Å². The molecule has 1 rings (SSSR count). The maximum atomic E-state index is 11.3. The molecule has 4 heteroatoms. The van der Waals surface area contributed by atoms with Gasteiger partial charge in [0.1, 0.15) is 0 Å². The van der Waals surface area contributed by atoms with Gasteiger partial charge in [0.25, 0.3) is 0 Å². The quantitative estimate of drug-likeness (QED) is 0.709. The molecule has 0 saturated carbocycles. The van der Waals surface area contributed by atoms with Crippen molar-refractivity contribution in [1.82, 2.24) is 9.47 Å². The largest absolute Gasteiger partial charge is 0.353 e. The number of Topliss-reactive ketones (excluding diaryl/α,β-unsaturated/α-hetero) is 1. The summed E-state index contributed by atoms with van der Waals surface area (Å²) in [5, 5.41) is 0. The zero-order valence-electron chi connectivity index (χ0n) is 10.1. The van der Waals surface area contributed by atoms with E-state index in [1.54, 1.807) is 32.0 Å². The molecule has 0 aromatic carbocycles. The number of amides is 1. The van der Waals surface area contributed by atoms with Crippen molar-refractivity contribution >= 4 is 11.7 Å². The molecular weight excluding hydrogens is 204 g/mol. The Kier molecular flexibility index (Phi) is 4.28. The highest BCUT2D eigenvalue weighted by Gasteiger charge is 2.04. The fourth-order valence-electron chi connectivity index (χ4n) is 1.42. The average molecular weight is 222 g/mol. The van der Waals surface area contributed by atoms with Crippen LogP contribution < -0.4 is 0 Å². The number of hydrogen-bond donors (Lipinski definition) is 0. The molecule has 0 bridgehead atoms. The lowest BCUT2D eigenvalue weighted by Crippen LogP contribution is -2.21. The van der Waals surface area contributed by atoms with Crippen molar-refractivity contribution in [3.05, 3.63) is 24.0 Å². The Hall–Kier alpha value is -1.58. The van der Waals surface area contributed by atoms with Crippen LogP contribution in [0.25, 0.3) is 0 Å². The van der Waals surface area contributed by atoms with Gasteiger partial charge in [-0.05, 0) is 19.4 Å². The molecule has 0 atom stereocenters. The monoisotopic (exact) mass is 222 g/mol. The normalized spacial score (nSPS) is 10.2. The Morgan fingerprint density at radius 1 is 1.38 bits per heavy atom. The second kappa shape index (κ2) is 5.49. The lowest BCUT2D eigenvalue weighted by atomic mass is 10.2. The maximum Gasteiger partial charge on any atom is 0.222 e. The summed E-state index contributed by atoms with van der Waals surface area (Å²) in [6, 6.07) is 1.80. The SMILES string of the molecule is CC(=O)c1ccn(CCCC(=O)N(C)C)c1. The van der Waals surface area contributed by atoms with Crippen LogP contribution >= 0.6 is 0 Å². The number of aryl methyl sites for hydroxylation is 1. The average Bonchev–Trinajstić information content (AvgIpc) is 2.66. The summed E-state index contributed by atoms with van der Waals surface area (Å²) in [5.74, 6) is 0.210. The summed E-state index contributed by atoms with van der Waals surface area (Å²) in [4.78, 5) is 24.0. The van der Waals surface area contributed by atoms with Crippen molar-refractivity contribution in [2.45, 2.75) is 26.3 Å². The minimum Gasteiger partial charge on any atom is -0.353 e. The molecule has 0 unspecified atom stereocenters. The van der Waals surface area contributed by atoms with Crippen molar-refractivity contribution in [1.29, 1.82) is 0 Å². The molecule has 0 spiro atoms. The van der Waals surface area contributed by atoms with Gasteiger partial charge in [-0.25, -0.2) is 0 Å². The van der Waals surface area contributed by atoms with Crippen LogP contribution in [-0.4, -0.2) is 35.3 Å². The van der Waals surface area contributed by atoms with E-state index in [-0.39, 0.29) is 11.7 Å². The van der Waals surface area contributed by atoms with Gasteiger partial charge in [-0.3, -0.25) is 9.59 Å². The Balaban J connectivity index is 2.37. The van der Waals surface area contributed by atoms with Crippen LogP contribution in [0.5, 0.6) is 0 Å². The minimum atomic E-state index is 0.0723. The second-order valence-electron chi connectivity index (χ2n) is 4.09. The van der Waals surface area contributed by atoms with E-state index in [2.05, 4.69) is 0 Å². The Morgan fingerprint density at radius 3 is 2.56 bits per heavy atom. The van der Waals surface area contributed by atoms with E-state index in [1.807, 2.05) is 17.0 Å². The number of hydrogen-bond acceptors (Lipinski definition) is 2. The van der Waals surface area contributed by atoms with Gasteiger partial charge >= 0.3 is 0 Å². The van der Waals surface area contributed by atoms with E-state index < -0.39 is 0 Å². The van der Waals surface area contributed by atoms with E-state index in [0.717, 1.165) is 18.5 Å². The van der Waals surface area contributed by atoms with Gasteiger partial charge in [-0.15, -0.1) is 0 Å². The molecule has 0 saturated heterocycles. The summed E-state index contributed by atoms with van der Waals surface area (Å²) in [5.41, 5.74) is 0.721. The zero-order valence-corrected chi connectivity index (χ0v) is 10.1. The van der Waals surface area contributed by atoms with Crippen molar-refractivity contribution in [3.63, 3.8) is 0 Å². The highest BCUT2D eigenvalue weighted by Crippen LogP contribution is 2.04. The third-order valence-corrected chi connectivity index (χ3v) is 2.46. The maximum absolute atomic E-state index is 11.3. The smallest absolute Gasteiger partial charge is 0.222 e. The van der Waals surface area contributed by atoms with E-state index >= 15 is 0 Å². The van der Waals surface area contributed by atoms with Crippen LogP contribution in [0, 0.1) is 0 Å². The van der Waals surface area contributed by atoms with Gasteiger partial charge in [0, 0.05) is 45.0 Å². The number of aromatic nitrogens is 1. The van der Waals surface area contributed by atoms with Gasteiger partial charge < -0.3 is 9.47 Å². The highest BCUT2D eigenvalue weighted by atomic mass is 16.2. The molecule has 1 amide bonds. The van der Waals surface area contributed by atoms with Crippen LogP contribution in [0.1, 0.15) is 30.1 Å². The number of carbonyl (C=O) groups excluding carboxylic acids is 2. The number of rotatable bonds is 5. The fraction of sp³-hybridized carbons (Fsp3) is 0.500. The van der Waals surface area contributed by atoms with Gasteiger partial charge in [0.2, 0.25) is 5.91 Å². The third kappa shape index (κ3) is 3.53. The first-order chi connectivity index (χ1) is 7.50. The van der Waals surface area contributed by atoms with Crippen molar-refractivity contribution in [2.75, 3.05) is 14.1 Å². The minimum absolute atomic E-state index is 0.0723. The predicted octanol–water partition coefficient (Wildman–Crippen LogP) is 1.56. The van der Waals surface area contributed by atoms with Crippen molar-refractivity contribution in [3.8, 4) is 0 Å². The Labute approximate surface area is 95.9 Å². The van der Waals surface area contributed by atoms with E-state index in [1.165, 1.54) is 0 Å². The molecular formula is C12H18N2O2. The van der Waals surface area contributed by atoms with Gasteiger partial charge in [0.15, 0.2) is 5.78 Å². The third-order valence-electron chi connectivity index (χ3n) is 2.46.